The summed E-state index contributed by atoms with van der Waals surface area (Å²) in [4.78, 5) is 18.3. The number of carbonyl (C=O) groups excluding carboxylic acids is 1. The molecule has 0 unspecified atom stereocenters. The Morgan fingerprint density at radius 3 is 3.19 bits per heavy atom. The van der Waals surface area contributed by atoms with Crippen LogP contribution in [0.3, 0.4) is 0 Å². The van der Waals surface area contributed by atoms with Gasteiger partial charge in [-0.2, -0.15) is 0 Å². The van der Waals surface area contributed by atoms with Crippen molar-refractivity contribution in [3.05, 3.63) is 18.2 Å². The van der Waals surface area contributed by atoms with Crippen LogP contribution in [0.1, 0.15) is 12.2 Å². The summed E-state index contributed by atoms with van der Waals surface area (Å²) in [6.07, 6.45) is 5.19. The molecular formula is C10H18N4O2. The molecule has 1 aromatic heterocycles. The summed E-state index contributed by atoms with van der Waals surface area (Å²) in [5.41, 5.74) is 5.22. The van der Waals surface area contributed by atoms with Crippen molar-refractivity contribution in [2.24, 2.45) is 5.73 Å². The molecule has 0 bridgehead atoms. The van der Waals surface area contributed by atoms with Gasteiger partial charge in [0, 0.05) is 31.9 Å². The van der Waals surface area contributed by atoms with Crippen molar-refractivity contribution in [2.45, 2.75) is 12.8 Å². The van der Waals surface area contributed by atoms with Gasteiger partial charge in [-0.15, -0.1) is 0 Å². The number of rotatable bonds is 8. The average Bonchev–Trinajstić information content (AvgIpc) is 2.78. The number of aryl methyl sites for hydroxylation is 1. The second-order valence-electron chi connectivity index (χ2n) is 3.33. The monoisotopic (exact) mass is 226 g/mol. The Bertz CT molecular complexity index is 287. The Hall–Kier alpha value is -1.40. The first kappa shape index (κ1) is 12.7. The zero-order valence-electron chi connectivity index (χ0n) is 9.24. The Kier molecular flexibility index (Phi) is 6.20. The van der Waals surface area contributed by atoms with Crippen molar-refractivity contribution in [1.29, 1.82) is 0 Å². The highest BCUT2D eigenvalue weighted by atomic mass is 16.5. The number of nitrogens with two attached hydrogens (primary N) is 1. The van der Waals surface area contributed by atoms with Gasteiger partial charge in [0.05, 0.1) is 6.61 Å². The first-order valence-corrected chi connectivity index (χ1v) is 5.35. The molecule has 0 fully saturated rings. The molecule has 0 saturated carbocycles. The zero-order chi connectivity index (χ0) is 11.6. The normalized spacial score (nSPS) is 10.3. The maximum atomic E-state index is 11.2. The maximum Gasteiger partial charge on any atom is 0.245 e. The molecular weight excluding hydrogens is 208 g/mol. The fourth-order valence-electron chi connectivity index (χ4n) is 1.22. The molecule has 0 aliphatic rings. The SMILES string of the molecule is NCCOCC(=O)NCCCc1ncc[nH]1. The van der Waals surface area contributed by atoms with E-state index in [1.807, 2.05) is 0 Å². The lowest BCUT2D eigenvalue weighted by molar-refractivity contribution is -0.125. The van der Waals surface area contributed by atoms with Crippen LogP contribution in [0, 0.1) is 0 Å². The summed E-state index contributed by atoms with van der Waals surface area (Å²) < 4.78 is 4.99. The molecule has 1 heterocycles. The lowest BCUT2D eigenvalue weighted by Crippen LogP contribution is -2.29. The van der Waals surface area contributed by atoms with Crippen molar-refractivity contribution in [3.8, 4) is 0 Å². The number of amides is 1. The van der Waals surface area contributed by atoms with E-state index in [-0.39, 0.29) is 12.5 Å². The Balaban J connectivity index is 1.96. The van der Waals surface area contributed by atoms with E-state index in [1.165, 1.54) is 0 Å². The summed E-state index contributed by atoms with van der Waals surface area (Å²) in [5, 5.41) is 2.76. The summed E-state index contributed by atoms with van der Waals surface area (Å²) in [7, 11) is 0. The number of imidazole rings is 1. The minimum Gasteiger partial charge on any atom is -0.370 e. The van der Waals surface area contributed by atoms with E-state index in [4.69, 9.17) is 10.5 Å². The lowest BCUT2D eigenvalue weighted by Gasteiger charge is -2.04. The molecule has 6 nitrogen and oxygen atoms in total. The molecule has 0 atom stereocenters. The largest absolute Gasteiger partial charge is 0.370 e. The van der Waals surface area contributed by atoms with Gasteiger partial charge in [0.1, 0.15) is 12.4 Å². The zero-order valence-corrected chi connectivity index (χ0v) is 9.24. The standard InChI is InChI=1S/C10H18N4O2/c11-3-7-16-8-10(15)14-4-1-2-9-12-5-6-13-9/h5-6H,1-4,7-8,11H2,(H,12,13)(H,14,15). The number of aromatic nitrogens is 2. The third kappa shape index (κ3) is 5.47. The molecule has 0 aliphatic heterocycles. The van der Waals surface area contributed by atoms with Crippen molar-refractivity contribution < 1.29 is 9.53 Å². The quantitative estimate of drug-likeness (QED) is 0.518. The highest BCUT2D eigenvalue weighted by Crippen LogP contribution is 1.93. The second-order valence-corrected chi connectivity index (χ2v) is 3.33. The van der Waals surface area contributed by atoms with Crippen molar-refractivity contribution >= 4 is 5.91 Å². The van der Waals surface area contributed by atoms with Crippen molar-refractivity contribution in [3.63, 3.8) is 0 Å². The highest BCUT2D eigenvalue weighted by molar-refractivity contribution is 5.77. The molecule has 4 N–H and O–H groups in total. The van der Waals surface area contributed by atoms with E-state index in [2.05, 4.69) is 15.3 Å². The van der Waals surface area contributed by atoms with Gasteiger partial charge in [-0.25, -0.2) is 4.98 Å². The summed E-state index contributed by atoms with van der Waals surface area (Å²) in [6.45, 7) is 1.56. The summed E-state index contributed by atoms with van der Waals surface area (Å²) >= 11 is 0. The Morgan fingerprint density at radius 1 is 1.62 bits per heavy atom. The van der Waals surface area contributed by atoms with Crippen LogP contribution in [0.5, 0.6) is 0 Å². The van der Waals surface area contributed by atoms with Crippen LogP contribution < -0.4 is 11.1 Å². The van der Waals surface area contributed by atoms with Gasteiger partial charge in [0.15, 0.2) is 0 Å². The Morgan fingerprint density at radius 2 is 2.50 bits per heavy atom. The number of nitrogens with zero attached hydrogens (tertiary/aromatic N) is 1. The second kappa shape index (κ2) is 7.84. The molecule has 90 valence electrons. The van der Waals surface area contributed by atoms with Gasteiger partial charge in [-0.05, 0) is 6.42 Å². The predicted molar refractivity (Wildman–Crippen MR) is 59.8 cm³/mol. The minimum absolute atomic E-state index is 0.0813. The Labute approximate surface area is 94.6 Å². The molecule has 6 heteroatoms. The molecule has 1 aromatic rings. The number of hydrogen-bond donors (Lipinski definition) is 3. The van der Waals surface area contributed by atoms with E-state index in [0.717, 1.165) is 18.7 Å². The third-order valence-corrected chi connectivity index (χ3v) is 1.96. The van der Waals surface area contributed by atoms with Crippen molar-refractivity contribution in [1.82, 2.24) is 15.3 Å². The minimum atomic E-state index is -0.104. The van der Waals surface area contributed by atoms with E-state index in [0.29, 0.717) is 19.7 Å². The van der Waals surface area contributed by atoms with Gasteiger partial charge in [0.25, 0.3) is 0 Å². The van der Waals surface area contributed by atoms with Crippen LogP contribution in [-0.4, -0.2) is 42.2 Å². The van der Waals surface area contributed by atoms with Crippen LogP contribution in [0.2, 0.25) is 0 Å². The van der Waals surface area contributed by atoms with Gasteiger partial charge in [-0.3, -0.25) is 4.79 Å². The summed E-state index contributed by atoms with van der Waals surface area (Å²) in [6, 6.07) is 0. The number of aromatic amines is 1. The van der Waals surface area contributed by atoms with Crippen LogP contribution in [0.25, 0.3) is 0 Å². The average molecular weight is 226 g/mol. The van der Waals surface area contributed by atoms with Crippen LogP contribution >= 0.6 is 0 Å². The highest BCUT2D eigenvalue weighted by Gasteiger charge is 2.00. The van der Waals surface area contributed by atoms with E-state index in [1.54, 1.807) is 12.4 Å². The molecule has 0 radical (unpaired) electrons. The van der Waals surface area contributed by atoms with Crippen LogP contribution in [0.4, 0.5) is 0 Å². The van der Waals surface area contributed by atoms with Gasteiger partial charge < -0.3 is 20.8 Å². The fraction of sp³-hybridized carbons (Fsp3) is 0.600. The number of hydrogen-bond acceptors (Lipinski definition) is 4. The van der Waals surface area contributed by atoms with E-state index < -0.39 is 0 Å². The van der Waals surface area contributed by atoms with Crippen LogP contribution in [-0.2, 0) is 16.0 Å². The topological polar surface area (TPSA) is 93.0 Å². The maximum absolute atomic E-state index is 11.2. The first-order valence-electron chi connectivity index (χ1n) is 5.35. The first-order chi connectivity index (χ1) is 7.83. The fourth-order valence-corrected chi connectivity index (χ4v) is 1.22. The number of ether oxygens (including phenoxy) is 1. The third-order valence-electron chi connectivity index (χ3n) is 1.96. The molecule has 0 spiro atoms. The molecule has 0 aromatic carbocycles. The van der Waals surface area contributed by atoms with Gasteiger partial charge in [-0.1, -0.05) is 0 Å². The number of H-pyrrole nitrogens is 1. The van der Waals surface area contributed by atoms with Gasteiger partial charge >= 0.3 is 0 Å². The van der Waals surface area contributed by atoms with Gasteiger partial charge in [0.2, 0.25) is 5.91 Å². The number of nitrogens with one attached hydrogen (secondary N) is 2. The molecule has 1 rings (SSSR count). The molecule has 16 heavy (non-hydrogen) atoms. The molecule has 0 saturated heterocycles. The predicted octanol–water partition coefficient (Wildman–Crippen LogP) is -0.566. The lowest BCUT2D eigenvalue weighted by atomic mass is 10.3. The molecule has 0 aliphatic carbocycles. The molecule has 1 amide bonds. The summed E-state index contributed by atoms with van der Waals surface area (Å²) in [5.74, 6) is 0.835. The smallest absolute Gasteiger partial charge is 0.245 e. The van der Waals surface area contributed by atoms with E-state index >= 15 is 0 Å². The number of carbonyl (C=O) groups is 1. The van der Waals surface area contributed by atoms with E-state index in [9.17, 15) is 4.79 Å². The van der Waals surface area contributed by atoms with Crippen molar-refractivity contribution in [2.75, 3.05) is 26.3 Å². The van der Waals surface area contributed by atoms with Crippen LogP contribution in [0.15, 0.2) is 12.4 Å².